The van der Waals surface area contributed by atoms with Gasteiger partial charge in [0.2, 0.25) is 0 Å². The van der Waals surface area contributed by atoms with Crippen LogP contribution in [0.2, 0.25) is 0 Å². The Morgan fingerprint density at radius 1 is 1.46 bits per heavy atom. The smallest absolute Gasteiger partial charge is 0.423 e. The van der Waals surface area contributed by atoms with E-state index in [1.54, 1.807) is 12.3 Å². The molecule has 0 unspecified atom stereocenters. The van der Waals surface area contributed by atoms with E-state index in [0.29, 0.717) is 11.1 Å². The van der Waals surface area contributed by atoms with Crippen LogP contribution in [-0.2, 0) is 0 Å². The predicted octanol–water partition coefficient (Wildman–Crippen LogP) is -1.28. The molecule has 0 atom stereocenters. The van der Waals surface area contributed by atoms with Crippen molar-refractivity contribution >= 4 is 18.2 Å². The van der Waals surface area contributed by atoms with Crippen LogP contribution in [0.3, 0.4) is 0 Å². The zero-order valence-corrected chi connectivity index (χ0v) is 7.05. The monoisotopic (exact) mass is 177 g/mol. The molecule has 0 radical (unpaired) electrons. The Morgan fingerprint density at radius 3 is 2.92 bits per heavy atom. The topological polar surface area (TPSA) is 70.7 Å². The summed E-state index contributed by atoms with van der Waals surface area (Å²) in [5, 5.41) is 22.0. The van der Waals surface area contributed by atoms with Gasteiger partial charge >= 0.3 is 7.12 Å². The third kappa shape index (κ3) is 1.30. The highest BCUT2D eigenvalue weighted by atomic mass is 16.4. The van der Waals surface area contributed by atoms with E-state index in [2.05, 4.69) is 10.1 Å². The molecule has 0 aliphatic heterocycles. The molecule has 66 valence electrons. The summed E-state index contributed by atoms with van der Waals surface area (Å²) in [6.07, 6.45) is 3.15. The van der Waals surface area contributed by atoms with E-state index in [1.807, 2.05) is 6.92 Å². The number of pyridine rings is 1. The number of fused-ring (bicyclic) bond motifs is 1. The third-order valence-corrected chi connectivity index (χ3v) is 1.82. The van der Waals surface area contributed by atoms with Gasteiger partial charge in [-0.3, -0.25) is 0 Å². The van der Waals surface area contributed by atoms with Crippen molar-refractivity contribution in [2.24, 2.45) is 0 Å². The number of rotatable bonds is 1. The molecule has 0 amide bonds. The van der Waals surface area contributed by atoms with Gasteiger partial charge in [0.25, 0.3) is 0 Å². The normalized spacial score (nSPS) is 10.7. The summed E-state index contributed by atoms with van der Waals surface area (Å²) in [6, 6.07) is 1.68. The average molecular weight is 177 g/mol. The molecule has 5 nitrogen and oxygen atoms in total. The van der Waals surface area contributed by atoms with Gasteiger partial charge in [0.15, 0.2) is 5.65 Å². The Bertz CT molecular complexity index is 440. The number of hydrogen-bond donors (Lipinski definition) is 2. The molecule has 0 bridgehead atoms. The van der Waals surface area contributed by atoms with Gasteiger partial charge in [0.1, 0.15) is 6.33 Å². The number of aryl methyl sites for hydroxylation is 1. The fraction of sp³-hybridized carbons (Fsp3) is 0.143. The third-order valence-electron chi connectivity index (χ3n) is 1.82. The van der Waals surface area contributed by atoms with Crippen LogP contribution in [0.4, 0.5) is 0 Å². The van der Waals surface area contributed by atoms with Crippen molar-refractivity contribution in [2.75, 3.05) is 0 Å². The van der Waals surface area contributed by atoms with Gasteiger partial charge in [-0.05, 0) is 12.5 Å². The molecule has 0 saturated heterocycles. The van der Waals surface area contributed by atoms with Crippen molar-refractivity contribution in [3.8, 4) is 0 Å². The summed E-state index contributed by atoms with van der Waals surface area (Å²) in [5.41, 5.74) is 1.75. The van der Waals surface area contributed by atoms with Gasteiger partial charge in [-0.15, -0.1) is 0 Å². The lowest BCUT2D eigenvalue weighted by Crippen LogP contribution is -2.32. The number of hydrogen-bond acceptors (Lipinski definition) is 4. The second-order valence-corrected chi connectivity index (χ2v) is 2.87. The summed E-state index contributed by atoms with van der Waals surface area (Å²) >= 11 is 0. The van der Waals surface area contributed by atoms with Crippen LogP contribution in [0.15, 0.2) is 18.6 Å². The van der Waals surface area contributed by atoms with Crippen LogP contribution < -0.4 is 5.46 Å². The van der Waals surface area contributed by atoms with Crippen molar-refractivity contribution < 1.29 is 10.0 Å². The fourth-order valence-corrected chi connectivity index (χ4v) is 1.28. The van der Waals surface area contributed by atoms with Crippen LogP contribution in [-0.4, -0.2) is 31.8 Å². The number of nitrogens with zero attached hydrogens (tertiary/aromatic N) is 3. The summed E-state index contributed by atoms with van der Waals surface area (Å²) in [7, 11) is -1.51. The van der Waals surface area contributed by atoms with Crippen molar-refractivity contribution in [3.05, 3.63) is 24.2 Å². The Balaban J connectivity index is 2.77. The molecule has 2 rings (SSSR count). The lowest BCUT2D eigenvalue weighted by Gasteiger charge is -2.02. The Hall–Kier alpha value is -1.40. The molecule has 0 aliphatic carbocycles. The molecule has 0 aromatic carbocycles. The molecule has 0 spiro atoms. The fourth-order valence-electron chi connectivity index (χ4n) is 1.28. The maximum absolute atomic E-state index is 9.04. The first-order valence-electron chi connectivity index (χ1n) is 3.84. The van der Waals surface area contributed by atoms with E-state index in [0.717, 1.165) is 5.56 Å². The maximum atomic E-state index is 9.04. The van der Waals surface area contributed by atoms with E-state index < -0.39 is 7.12 Å². The van der Waals surface area contributed by atoms with E-state index in [4.69, 9.17) is 10.0 Å². The van der Waals surface area contributed by atoms with Gasteiger partial charge < -0.3 is 10.0 Å². The van der Waals surface area contributed by atoms with Crippen LogP contribution in [0.5, 0.6) is 0 Å². The molecular formula is C7H8BN3O2. The maximum Gasteiger partial charge on any atom is 0.492 e. The van der Waals surface area contributed by atoms with E-state index in [-0.39, 0.29) is 0 Å². The Morgan fingerprint density at radius 2 is 2.23 bits per heavy atom. The summed E-state index contributed by atoms with van der Waals surface area (Å²) < 4.78 is 1.52. The molecule has 6 heteroatoms. The van der Waals surface area contributed by atoms with Crippen molar-refractivity contribution in [2.45, 2.75) is 6.92 Å². The molecule has 0 saturated carbocycles. The minimum atomic E-state index is -1.51. The highest BCUT2D eigenvalue weighted by Crippen LogP contribution is 1.99. The summed E-state index contributed by atoms with van der Waals surface area (Å²) in [5.74, 6) is 0. The van der Waals surface area contributed by atoms with Crippen molar-refractivity contribution in [1.82, 2.24) is 14.6 Å². The highest BCUT2D eigenvalue weighted by molar-refractivity contribution is 6.60. The molecular weight excluding hydrogens is 169 g/mol. The van der Waals surface area contributed by atoms with E-state index in [9.17, 15) is 0 Å². The first-order chi connectivity index (χ1) is 6.18. The van der Waals surface area contributed by atoms with Gasteiger partial charge in [-0.1, -0.05) is 6.07 Å². The Labute approximate surface area is 74.8 Å². The lowest BCUT2D eigenvalue weighted by atomic mass is 9.80. The standard InChI is InChI=1S/C7H8BN3O2/c1-5-2-6(8(12)13)7-9-4-10-11(7)3-5/h2-4,12-13H,1H3. The minimum Gasteiger partial charge on any atom is -0.423 e. The molecule has 2 aromatic rings. The second-order valence-electron chi connectivity index (χ2n) is 2.87. The van der Waals surface area contributed by atoms with Gasteiger partial charge in [-0.25, -0.2) is 9.50 Å². The van der Waals surface area contributed by atoms with Crippen LogP contribution >= 0.6 is 0 Å². The van der Waals surface area contributed by atoms with Crippen LogP contribution in [0.25, 0.3) is 5.65 Å². The summed E-state index contributed by atoms with van der Waals surface area (Å²) in [4.78, 5) is 3.91. The lowest BCUT2D eigenvalue weighted by molar-refractivity contribution is 0.426. The van der Waals surface area contributed by atoms with Gasteiger partial charge in [0, 0.05) is 11.7 Å². The average Bonchev–Trinajstić information content (AvgIpc) is 2.49. The van der Waals surface area contributed by atoms with E-state index in [1.165, 1.54) is 10.8 Å². The molecule has 2 aromatic heterocycles. The molecule has 2 heterocycles. The quantitative estimate of drug-likeness (QED) is 0.532. The molecule has 0 aliphatic rings. The zero-order valence-electron chi connectivity index (χ0n) is 7.05. The molecule has 0 fully saturated rings. The highest BCUT2D eigenvalue weighted by Gasteiger charge is 2.16. The molecule has 13 heavy (non-hydrogen) atoms. The van der Waals surface area contributed by atoms with Gasteiger partial charge in [-0.2, -0.15) is 5.10 Å². The predicted molar refractivity (Wildman–Crippen MR) is 47.5 cm³/mol. The van der Waals surface area contributed by atoms with Crippen LogP contribution in [0, 0.1) is 6.92 Å². The largest absolute Gasteiger partial charge is 0.492 e. The zero-order chi connectivity index (χ0) is 9.42. The Kier molecular flexibility index (Phi) is 1.79. The minimum absolute atomic E-state index is 0.373. The first-order valence-corrected chi connectivity index (χ1v) is 3.84. The SMILES string of the molecule is Cc1cc(B(O)O)c2ncnn2c1. The van der Waals surface area contributed by atoms with Crippen LogP contribution in [0.1, 0.15) is 5.56 Å². The second kappa shape index (κ2) is 2.83. The van der Waals surface area contributed by atoms with Crippen molar-refractivity contribution in [3.63, 3.8) is 0 Å². The first kappa shape index (κ1) is 8.21. The van der Waals surface area contributed by atoms with Crippen molar-refractivity contribution in [1.29, 1.82) is 0 Å². The van der Waals surface area contributed by atoms with Gasteiger partial charge in [0.05, 0.1) is 0 Å². The summed E-state index contributed by atoms with van der Waals surface area (Å²) in [6.45, 7) is 1.85. The number of aromatic nitrogens is 3. The molecule has 2 N–H and O–H groups in total. The van der Waals surface area contributed by atoms with E-state index >= 15 is 0 Å².